The van der Waals surface area contributed by atoms with E-state index < -0.39 is 5.41 Å². The van der Waals surface area contributed by atoms with Crippen LogP contribution in [0.25, 0.3) is 0 Å². The molecule has 0 spiro atoms. The Morgan fingerprint density at radius 3 is 2.70 bits per heavy atom. The summed E-state index contributed by atoms with van der Waals surface area (Å²) in [5.74, 6) is -0.120. The number of amides is 1. The Morgan fingerprint density at radius 1 is 1.55 bits per heavy atom. The number of hydrogen-bond acceptors (Lipinski definition) is 4. The molecule has 1 unspecified atom stereocenters. The lowest BCUT2D eigenvalue weighted by Gasteiger charge is -2.35. The fourth-order valence-corrected chi connectivity index (χ4v) is 3.63. The highest BCUT2D eigenvalue weighted by molar-refractivity contribution is 7.80. The molecule has 1 saturated heterocycles. The number of hydrogen-bond donors (Lipinski definition) is 2. The second-order valence-electron chi connectivity index (χ2n) is 4.90. The Labute approximate surface area is 132 Å². The van der Waals surface area contributed by atoms with Crippen molar-refractivity contribution >= 4 is 46.1 Å². The summed E-state index contributed by atoms with van der Waals surface area (Å²) < 4.78 is 6.01. The van der Waals surface area contributed by atoms with Gasteiger partial charge in [-0.15, -0.1) is 11.3 Å². The van der Waals surface area contributed by atoms with Gasteiger partial charge in [-0.05, 0) is 31.9 Å². The van der Waals surface area contributed by atoms with Crippen molar-refractivity contribution in [3.8, 4) is 0 Å². The summed E-state index contributed by atoms with van der Waals surface area (Å²) in [7, 11) is 0. The smallest absolute Gasteiger partial charge is 0.233 e. The maximum absolute atomic E-state index is 12.6. The van der Waals surface area contributed by atoms with Crippen LogP contribution < -0.4 is 11.1 Å². The predicted molar refractivity (Wildman–Crippen MR) is 85.2 cm³/mol. The molecule has 0 radical (unpaired) electrons. The van der Waals surface area contributed by atoms with E-state index in [1.54, 1.807) is 0 Å². The topological polar surface area (TPSA) is 64.4 Å². The number of nitrogens with one attached hydrogen (secondary N) is 1. The number of ether oxygens (including phenoxy) is 1. The molecule has 0 aliphatic carbocycles. The number of thiophene rings is 1. The van der Waals surface area contributed by atoms with Gasteiger partial charge in [0.1, 0.15) is 5.41 Å². The lowest BCUT2D eigenvalue weighted by Crippen LogP contribution is -2.52. The molecule has 0 bridgehead atoms. The van der Waals surface area contributed by atoms with Gasteiger partial charge < -0.3 is 15.8 Å². The van der Waals surface area contributed by atoms with Gasteiger partial charge in [-0.25, -0.2) is 0 Å². The van der Waals surface area contributed by atoms with E-state index in [1.807, 2.05) is 19.1 Å². The highest BCUT2D eigenvalue weighted by Gasteiger charge is 2.43. The minimum absolute atomic E-state index is 0.117. The highest BCUT2D eigenvalue weighted by Crippen LogP contribution is 2.33. The standard InChI is InChI=1S/C13H17ClN2O2S2/c1-8(9-2-3-10(14)20-9)16-12(17)13(11(15)19)4-6-18-7-5-13/h2-3,8H,4-7H2,1H3,(H2,15,19)(H,16,17). The molecular formula is C13H17ClN2O2S2. The Morgan fingerprint density at radius 2 is 2.20 bits per heavy atom. The Balaban J connectivity index is 2.11. The highest BCUT2D eigenvalue weighted by atomic mass is 35.5. The van der Waals surface area contributed by atoms with Gasteiger partial charge >= 0.3 is 0 Å². The molecule has 1 fully saturated rings. The van der Waals surface area contributed by atoms with Gasteiger partial charge in [0.05, 0.1) is 15.4 Å². The van der Waals surface area contributed by atoms with Crippen LogP contribution in [-0.4, -0.2) is 24.1 Å². The van der Waals surface area contributed by atoms with Crippen molar-refractivity contribution in [2.75, 3.05) is 13.2 Å². The maximum Gasteiger partial charge on any atom is 0.233 e. The fraction of sp³-hybridized carbons (Fsp3) is 0.538. The van der Waals surface area contributed by atoms with Crippen molar-refractivity contribution < 1.29 is 9.53 Å². The van der Waals surface area contributed by atoms with E-state index in [2.05, 4.69) is 5.32 Å². The van der Waals surface area contributed by atoms with Crippen LogP contribution >= 0.6 is 35.2 Å². The van der Waals surface area contributed by atoms with Gasteiger partial charge in [0.2, 0.25) is 5.91 Å². The molecular weight excluding hydrogens is 316 g/mol. The van der Waals surface area contributed by atoms with E-state index in [0.29, 0.717) is 30.4 Å². The number of rotatable bonds is 4. The van der Waals surface area contributed by atoms with E-state index in [9.17, 15) is 4.79 Å². The van der Waals surface area contributed by atoms with E-state index in [4.69, 9.17) is 34.3 Å². The second kappa shape index (κ2) is 6.39. The van der Waals surface area contributed by atoms with Gasteiger partial charge in [-0.1, -0.05) is 23.8 Å². The number of carbonyl (C=O) groups is 1. The van der Waals surface area contributed by atoms with Crippen molar-refractivity contribution in [3.05, 3.63) is 21.3 Å². The van der Waals surface area contributed by atoms with E-state index in [0.717, 1.165) is 4.88 Å². The monoisotopic (exact) mass is 332 g/mol. The Bertz CT molecular complexity index is 512. The summed E-state index contributed by atoms with van der Waals surface area (Å²) in [6.45, 7) is 2.93. The van der Waals surface area contributed by atoms with Crippen LogP contribution in [0, 0.1) is 5.41 Å². The first kappa shape index (κ1) is 15.7. The first-order valence-corrected chi connectivity index (χ1v) is 8.00. The molecule has 1 amide bonds. The molecule has 2 rings (SSSR count). The minimum Gasteiger partial charge on any atom is -0.392 e. The van der Waals surface area contributed by atoms with Crippen LogP contribution in [0.1, 0.15) is 30.7 Å². The van der Waals surface area contributed by atoms with Crippen molar-refractivity contribution in [3.63, 3.8) is 0 Å². The first-order valence-electron chi connectivity index (χ1n) is 6.39. The largest absolute Gasteiger partial charge is 0.392 e. The summed E-state index contributed by atoms with van der Waals surface area (Å²) in [5.41, 5.74) is 5.03. The van der Waals surface area contributed by atoms with Gasteiger partial charge in [-0.3, -0.25) is 4.79 Å². The molecule has 4 nitrogen and oxygen atoms in total. The molecule has 2 heterocycles. The van der Waals surface area contributed by atoms with Crippen LogP contribution in [0.3, 0.4) is 0 Å². The molecule has 0 aromatic carbocycles. The van der Waals surface area contributed by atoms with Crippen molar-refractivity contribution in [1.29, 1.82) is 0 Å². The molecule has 1 aliphatic heterocycles. The summed E-state index contributed by atoms with van der Waals surface area (Å²) in [6.07, 6.45) is 1.07. The zero-order valence-electron chi connectivity index (χ0n) is 11.1. The van der Waals surface area contributed by atoms with Gasteiger partial charge in [0, 0.05) is 18.1 Å². The minimum atomic E-state index is -0.789. The summed E-state index contributed by atoms with van der Waals surface area (Å²) in [6, 6.07) is 3.62. The molecule has 1 aromatic rings. The Kier molecular flexibility index (Phi) is 5.01. The molecule has 1 atom stereocenters. The molecule has 1 aliphatic rings. The number of thiocarbonyl (C=S) groups is 1. The fourth-order valence-electron chi connectivity index (χ4n) is 2.27. The van der Waals surface area contributed by atoms with Gasteiger partial charge in [0.25, 0.3) is 0 Å². The maximum atomic E-state index is 12.6. The number of carbonyl (C=O) groups excluding carboxylic acids is 1. The normalized spacial score (nSPS) is 19.3. The zero-order chi connectivity index (χ0) is 14.8. The third-order valence-electron chi connectivity index (χ3n) is 3.62. The van der Waals surface area contributed by atoms with Crippen molar-refractivity contribution in [2.24, 2.45) is 11.1 Å². The third-order valence-corrected chi connectivity index (χ3v) is 5.43. The quantitative estimate of drug-likeness (QED) is 0.832. The van der Waals surface area contributed by atoms with Crippen LogP contribution in [0.2, 0.25) is 4.34 Å². The third kappa shape index (κ3) is 3.14. The summed E-state index contributed by atoms with van der Waals surface area (Å²) >= 11 is 12.5. The lowest BCUT2D eigenvalue weighted by molar-refractivity contribution is -0.132. The second-order valence-corrected chi connectivity index (χ2v) is 7.08. The van der Waals surface area contributed by atoms with Crippen molar-refractivity contribution in [1.82, 2.24) is 5.32 Å². The lowest BCUT2D eigenvalue weighted by atomic mass is 9.79. The van der Waals surface area contributed by atoms with Gasteiger partial charge in [0.15, 0.2) is 0 Å². The summed E-state index contributed by atoms with van der Waals surface area (Å²) in [4.78, 5) is 13.8. The molecule has 3 N–H and O–H groups in total. The summed E-state index contributed by atoms with van der Waals surface area (Å²) in [5, 5.41) is 2.99. The van der Waals surface area contributed by atoms with E-state index in [-0.39, 0.29) is 16.9 Å². The predicted octanol–water partition coefficient (Wildman–Crippen LogP) is 2.66. The average Bonchev–Trinajstić information content (AvgIpc) is 2.86. The number of nitrogens with two attached hydrogens (primary N) is 1. The molecule has 0 saturated carbocycles. The Hall–Kier alpha value is -0.690. The molecule has 20 heavy (non-hydrogen) atoms. The van der Waals surface area contributed by atoms with Crippen LogP contribution in [-0.2, 0) is 9.53 Å². The number of halogens is 1. The SMILES string of the molecule is CC(NC(=O)C1(C(N)=S)CCOCC1)c1ccc(Cl)s1. The van der Waals surface area contributed by atoms with Crippen molar-refractivity contribution in [2.45, 2.75) is 25.8 Å². The molecule has 7 heteroatoms. The van der Waals surface area contributed by atoms with Crippen LogP contribution in [0.4, 0.5) is 0 Å². The molecule has 1 aromatic heterocycles. The first-order chi connectivity index (χ1) is 9.45. The van der Waals surface area contributed by atoms with E-state index >= 15 is 0 Å². The average molecular weight is 333 g/mol. The van der Waals surface area contributed by atoms with Gasteiger partial charge in [-0.2, -0.15) is 0 Å². The molecule has 110 valence electrons. The van der Waals surface area contributed by atoms with Crippen LogP contribution in [0.15, 0.2) is 12.1 Å². The van der Waals surface area contributed by atoms with Crippen LogP contribution in [0.5, 0.6) is 0 Å². The zero-order valence-corrected chi connectivity index (χ0v) is 13.5. The van der Waals surface area contributed by atoms with E-state index in [1.165, 1.54) is 11.3 Å².